The van der Waals surface area contributed by atoms with Gasteiger partial charge in [0.15, 0.2) is 0 Å². The molecule has 17 heavy (non-hydrogen) atoms. The van der Waals surface area contributed by atoms with Crippen LogP contribution < -0.4 is 5.73 Å². The predicted molar refractivity (Wildman–Crippen MR) is 79.1 cm³/mol. The minimum absolute atomic E-state index is 0.110. The van der Waals surface area contributed by atoms with Crippen molar-refractivity contribution in [1.82, 2.24) is 0 Å². The SMILES string of the molecule is NC(Cc1ccc(Br)cc1Cl)c1sccc1Cl. The summed E-state index contributed by atoms with van der Waals surface area (Å²) in [7, 11) is 0. The lowest BCUT2D eigenvalue weighted by atomic mass is 10.1. The molecule has 0 bridgehead atoms. The number of rotatable bonds is 3. The summed E-state index contributed by atoms with van der Waals surface area (Å²) in [5.74, 6) is 0. The summed E-state index contributed by atoms with van der Waals surface area (Å²) in [6, 6.07) is 7.57. The van der Waals surface area contributed by atoms with Crippen molar-refractivity contribution in [2.45, 2.75) is 12.5 Å². The minimum atomic E-state index is -0.110. The van der Waals surface area contributed by atoms with Gasteiger partial charge in [0, 0.05) is 20.4 Å². The smallest absolute Gasteiger partial charge is 0.0561 e. The molecular formula is C12H10BrCl2NS. The van der Waals surface area contributed by atoms with Gasteiger partial charge in [-0.3, -0.25) is 0 Å². The van der Waals surface area contributed by atoms with Crippen LogP contribution >= 0.6 is 50.5 Å². The van der Waals surface area contributed by atoms with E-state index in [9.17, 15) is 0 Å². The quantitative estimate of drug-likeness (QED) is 0.822. The van der Waals surface area contributed by atoms with Gasteiger partial charge in [-0.25, -0.2) is 0 Å². The summed E-state index contributed by atoms with van der Waals surface area (Å²) >= 11 is 17.2. The zero-order valence-corrected chi connectivity index (χ0v) is 12.7. The molecule has 1 unspecified atom stereocenters. The van der Waals surface area contributed by atoms with Crippen molar-refractivity contribution in [2.75, 3.05) is 0 Å². The Morgan fingerprint density at radius 2 is 2.00 bits per heavy atom. The van der Waals surface area contributed by atoms with Crippen LogP contribution in [0.2, 0.25) is 10.0 Å². The van der Waals surface area contributed by atoms with Crippen LogP contribution in [0.25, 0.3) is 0 Å². The van der Waals surface area contributed by atoms with E-state index in [4.69, 9.17) is 28.9 Å². The van der Waals surface area contributed by atoms with Gasteiger partial charge in [-0.1, -0.05) is 45.2 Å². The van der Waals surface area contributed by atoms with Crippen LogP contribution in [0, 0.1) is 0 Å². The largest absolute Gasteiger partial charge is 0.323 e. The van der Waals surface area contributed by atoms with Crippen molar-refractivity contribution < 1.29 is 0 Å². The zero-order valence-electron chi connectivity index (χ0n) is 8.79. The highest BCUT2D eigenvalue weighted by atomic mass is 79.9. The monoisotopic (exact) mass is 349 g/mol. The maximum atomic E-state index is 6.16. The van der Waals surface area contributed by atoms with Gasteiger partial charge in [0.2, 0.25) is 0 Å². The van der Waals surface area contributed by atoms with Gasteiger partial charge in [-0.2, -0.15) is 0 Å². The van der Waals surface area contributed by atoms with Crippen LogP contribution in [-0.4, -0.2) is 0 Å². The number of nitrogens with two attached hydrogens (primary N) is 1. The number of halogens is 3. The molecule has 1 aromatic heterocycles. The third kappa shape index (κ3) is 3.24. The summed E-state index contributed by atoms with van der Waals surface area (Å²) in [6.45, 7) is 0. The molecule has 90 valence electrons. The van der Waals surface area contributed by atoms with Crippen molar-refractivity contribution >= 4 is 50.5 Å². The Morgan fingerprint density at radius 3 is 2.59 bits per heavy atom. The summed E-state index contributed by atoms with van der Waals surface area (Å²) in [6.07, 6.45) is 0.687. The van der Waals surface area contributed by atoms with Gasteiger partial charge in [0.25, 0.3) is 0 Å². The Kier molecular flexibility index (Phi) is 4.50. The zero-order chi connectivity index (χ0) is 12.4. The lowest BCUT2D eigenvalue weighted by Gasteiger charge is -2.12. The maximum absolute atomic E-state index is 6.16. The molecular weight excluding hydrogens is 341 g/mol. The molecule has 5 heteroatoms. The van der Waals surface area contributed by atoms with E-state index in [1.54, 1.807) is 11.3 Å². The number of thiophene rings is 1. The molecule has 0 saturated carbocycles. The Bertz CT molecular complexity index is 527. The van der Waals surface area contributed by atoms with Gasteiger partial charge >= 0.3 is 0 Å². The van der Waals surface area contributed by atoms with Crippen LogP contribution in [-0.2, 0) is 6.42 Å². The molecule has 1 atom stereocenters. The molecule has 0 aliphatic carbocycles. The van der Waals surface area contributed by atoms with Gasteiger partial charge < -0.3 is 5.73 Å². The van der Waals surface area contributed by atoms with Crippen LogP contribution in [0.15, 0.2) is 34.1 Å². The van der Waals surface area contributed by atoms with Crippen LogP contribution in [0.3, 0.4) is 0 Å². The lowest BCUT2D eigenvalue weighted by Crippen LogP contribution is -2.12. The second kappa shape index (κ2) is 5.72. The van der Waals surface area contributed by atoms with Crippen LogP contribution in [0.4, 0.5) is 0 Å². The van der Waals surface area contributed by atoms with Gasteiger partial charge in [0.1, 0.15) is 0 Å². The highest BCUT2D eigenvalue weighted by Gasteiger charge is 2.14. The van der Waals surface area contributed by atoms with Gasteiger partial charge in [-0.05, 0) is 35.6 Å². The average molecular weight is 351 g/mol. The van der Waals surface area contributed by atoms with E-state index in [-0.39, 0.29) is 6.04 Å². The standard InChI is InChI=1S/C12H10BrCl2NS/c13-8-2-1-7(10(15)6-8)5-11(16)12-9(14)3-4-17-12/h1-4,6,11H,5,16H2. The topological polar surface area (TPSA) is 26.0 Å². The van der Waals surface area contributed by atoms with Crippen molar-refractivity contribution in [2.24, 2.45) is 5.73 Å². The van der Waals surface area contributed by atoms with E-state index in [2.05, 4.69) is 15.9 Å². The fraction of sp³-hybridized carbons (Fsp3) is 0.167. The molecule has 0 spiro atoms. The predicted octanol–water partition coefficient (Wildman–Crippen LogP) is 5.06. The van der Waals surface area contributed by atoms with E-state index < -0.39 is 0 Å². The molecule has 2 rings (SSSR count). The van der Waals surface area contributed by atoms with E-state index >= 15 is 0 Å². The first-order valence-electron chi connectivity index (χ1n) is 5.00. The molecule has 0 aliphatic heterocycles. The van der Waals surface area contributed by atoms with E-state index in [1.807, 2.05) is 29.6 Å². The second-order valence-electron chi connectivity index (χ2n) is 3.68. The molecule has 0 radical (unpaired) electrons. The fourth-order valence-corrected chi connectivity index (χ4v) is 3.54. The lowest BCUT2D eigenvalue weighted by molar-refractivity contribution is 0.737. The van der Waals surface area contributed by atoms with Crippen molar-refractivity contribution in [3.63, 3.8) is 0 Å². The molecule has 1 heterocycles. The normalized spacial score (nSPS) is 12.7. The maximum Gasteiger partial charge on any atom is 0.0561 e. The Morgan fingerprint density at radius 1 is 1.24 bits per heavy atom. The third-order valence-corrected chi connectivity index (χ3v) is 4.77. The van der Waals surface area contributed by atoms with E-state index in [0.717, 1.165) is 25.0 Å². The molecule has 1 aromatic carbocycles. The highest BCUT2D eigenvalue weighted by Crippen LogP contribution is 2.31. The molecule has 0 aliphatic rings. The first-order valence-corrected chi connectivity index (χ1v) is 7.43. The number of benzene rings is 1. The average Bonchev–Trinajstić information content (AvgIpc) is 2.68. The number of hydrogen-bond acceptors (Lipinski definition) is 2. The third-order valence-electron chi connectivity index (χ3n) is 2.44. The molecule has 2 aromatic rings. The first-order chi connectivity index (χ1) is 8.08. The Labute approximate surface area is 123 Å². The molecule has 0 fully saturated rings. The van der Waals surface area contributed by atoms with Crippen LogP contribution in [0.1, 0.15) is 16.5 Å². The molecule has 2 N–H and O–H groups in total. The summed E-state index contributed by atoms with van der Waals surface area (Å²) in [5.41, 5.74) is 7.17. The summed E-state index contributed by atoms with van der Waals surface area (Å²) < 4.78 is 0.967. The minimum Gasteiger partial charge on any atom is -0.323 e. The van der Waals surface area contributed by atoms with Crippen molar-refractivity contribution in [3.8, 4) is 0 Å². The van der Waals surface area contributed by atoms with Gasteiger partial charge in [-0.15, -0.1) is 11.3 Å². The van der Waals surface area contributed by atoms with E-state index in [0.29, 0.717) is 6.42 Å². The Hall–Kier alpha value is -0.0600. The summed E-state index contributed by atoms with van der Waals surface area (Å²) in [5, 5.41) is 3.40. The Balaban J connectivity index is 2.19. The van der Waals surface area contributed by atoms with E-state index in [1.165, 1.54) is 0 Å². The van der Waals surface area contributed by atoms with Crippen molar-refractivity contribution in [3.05, 3.63) is 54.6 Å². The van der Waals surface area contributed by atoms with Crippen LogP contribution in [0.5, 0.6) is 0 Å². The van der Waals surface area contributed by atoms with Crippen molar-refractivity contribution in [1.29, 1.82) is 0 Å². The summed E-state index contributed by atoms with van der Waals surface area (Å²) in [4.78, 5) is 1.01. The number of hydrogen-bond donors (Lipinski definition) is 1. The molecule has 0 amide bonds. The van der Waals surface area contributed by atoms with Gasteiger partial charge in [0.05, 0.1) is 5.02 Å². The first kappa shape index (κ1) is 13.4. The highest BCUT2D eigenvalue weighted by molar-refractivity contribution is 9.10. The molecule has 1 nitrogen and oxygen atoms in total. The fourth-order valence-electron chi connectivity index (χ4n) is 1.59. The molecule has 0 saturated heterocycles. The second-order valence-corrected chi connectivity index (χ2v) is 6.36.